The van der Waals surface area contributed by atoms with Gasteiger partial charge in [-0.1, -0.05) is 30.3 Å². The second-order valence-electron chi connectivity index (χ2n) is 4.90. The number of rotatable bonds is 5. The summed E-state index contributed by atoms with van der Waals surface area (Å²) < 4.78 is 5.79. The summed E-state index contributed by atoms with van der Waals surface area (Å²) in [7, 11) is 0. The van der Waals surface area contributed by atoms with Crippen LogP contribution in [0.2, 0.25) is 0 Å². The van der Waals surface area contributed by atoms with E-state index in [1.165, 1.54) is 5.56 Å². The molecule has 2 nitrogen and oxygen atoms in total. The average Bonchev–Trinajstić information content (AvgIpc) is 2.74. The van der Waals surface area contributed by atoms with Crippen LogP contribution in [-0.4, -0.2) is 11.9 Å². The van der Waals surface area contributed by atoms with E-state index in [0.717, 1.165) is 25.7 Å². The summed E-state index contributed by atoms with van der Waals surface area (Å²) >= 11 is 0. The highest BCUT2D eigenvalue weighted by molar-refractivity contribution is 5.82. The standard InChI is InChI=1S/C15H20O2/c1-12(10-14-8-5-9-15(14)16)17-11-13-6-3-2-4-7-13/h2-4,6-7,12,14H,5,8-11H2,1H3. The summed E-state index contributed by atoms with van der Waals surface area (Å²) in [6.45, 7) is 2.71. The van der Waals surface area contributed by atoms with E-state index in [2.05, 4.69) is 19.1 Å². The molecule has 0 radical (unpaired) electrons. The van der Waals surface area contributed by atoms with E-state index in [1.807, 2.05) is 18.2 Å². The topological polar surface area (TPSA) is 26.3 Å². The fourth-order valence-electron chi connectivity index (χ4n) is 2.42. The number of hydrogen-bond acceptors (Lipinski definition) is 2. The van der Waals surface area contributed by atoms with Crippen molar-refractivity contribution in [1.82, 2.24) is 0 Å². The van der Waals surface area contributed by atoms with Gasteiger partial charge in [-0.15, -0.1) is 0 Å². The number of ketones is 1. The van der Waals surface area contributed by atoms with Crippen molar-refractivity contribution >= 4 is 5.78 Å². The van der Waals surface area contributed by atoms with Gasteiger partial charge in [0.25, 0.3) is 0 Å². The highest BCUT2D eigenvalue weighted by atomic mass is 16.5. The van der Waals surface area contributed by atoms with Crippen molar-refractivity contribution in [2.24, 2.45) is 5.92 Å². The van der Waals surface area contributed by atoms with Crippen molar-refractivity contribution in [1.29, 1.82) is 0 Å². The van der Waals surface area contributed by atoms with Gasteiger partial charge in [0.05, 0.1) is 12.7 Å². The molecular formula is C15H20O2. The van der Waals surface area contributed by atoms with Crippen molar-refractivity contribution in [3.8, 4) is 0 Å². The molecule has 0 spiro atoms. The van der Waals surface area contributed by atoms with Gasteiger partial charge in [0.15, 0.2) is 0 Å². The number of benzene rings is 1. The Labute approximate surface area is 103 Å². The summed E-state index contributed by atoms with van der Waals surface area (Å²) in [5.41, 5.74) is 1.19. The minimum Gasteiger partial charge on any atom is -0.374 e. The Morgan fingerprint density at radius 2 is 2.12 bits per heavy atom. The zero-order chi connectivity index (χ0) is 12.1. The molecule has 2 rings (SSSR count). The maximum Gasteiger partial charge on any atom is 0.136 e. The molecule has 0 bridgehead atoms. The van der Waals surface area contributed by atoms with Crippen LogP contribution in [-0.2, 0) is 16.1 Å². The van der Waals surface area contributed by atoms with Gasteiger partial charge < -0.3 is 4.74 Å². The Morgan fingerprint density at radius 3 is 2.76 bits per heavy atom. The first-order valence-corrected chi connectivity index (χ1v) is 6.44. The van der Waals surface area contributed by atoms with Crippen LogP contribution in [0.4, 0.5) is 0 Å². The molecule has 0 aromatic heterocycles. The summed E-state index contributed by atoms with van der Waals surface area (Å²) in [5, 5.41) is 0. The molecule has 92 valence electrons. The molecule has 0 N–H and O–H groups in total. The molecule has 0 amide bonds. The normalized spacial score (nSPS) is 21.7. The van der Waals surface area contributed by atoms with Gasteiger partial charge >= 0.3 is 0 Å². The molecule has 1 aromatic rings. The number of hydrogen-bond donors (Lipinski definition) is 0. The Balaban J connectivity index is 1.74. The van der Waals surface area contributed by atoms with Crippen molar-refractivity contribution in [3.63, 3.8) is 0 Å². The lowest BCUT2D eigenvalue weighted by Gasteiger charge is -2.16. The first-order chi connectivity index (χ1) is 8.25. The Kier molecular flexibility index (Phi) is 4.32. The first-order valence-electron chi connectivity index (χ1n) is 6.44. The summed E-state index contributed by atoms with van der Waals surface area (Å²) in [6, 6.07) is 10.2. The van der Waals surface area contributed by atoms with Crippen molar-refractivity contribution in [3.05, 3.63) is 35.9 Å². The predicted octanol–water partition coefficient (Wildman–Crippen LogP) is 3.35. The number of carbonyl (C=O) groups excluding carboxylic acids is 1. The van der Waals surface area contributed by atoms with Gasteiger partial charge in [-0.2, -0.15) is 0 Å². The van der Waals surface area contributed by atoms with Crippen LogP contribution in [0.25, 0.3) is 0 Å². The molecule has 2 unspecified atom stereocenters. The van der Waals surface area contributed by atoms with Crippen LogP contribution in [0, 0.1) is 5.92 Å². The van der Waals surface area contributed by atoms with Crippen LogP contribution in [0.5, 0.6) is 0 Å². The van der Waals surface area contributed by atoms with Gasteiger partial charge in [-0.05, 0) is 31.7 Å². The van der Waals surface area contributed by atoms with E-state index in [9.17, 15) is 4.79 Å². The molecule has 0 heterocycles. The highest BCUT2D eigenvalue weighted by Crippen LogP contribution is 2.26. The van der Waals surface area contributed by atoms with E-state index in [0.29, 0.717) is 12.4 Å². The lowest BCUT2D eigenvalue weighted by atomic mass is 10.00. The summed E-state index contributed by atoms with van der Waals surface area (Å²) in [4.78, 5) is 11.5. The highest BCUT2D eigenvalue weighted by Gasteiger charge is 2.25. The Bertz CT molecular complexity index is 358. The second kappa shape index (κ2) is 5.97. The monoisotopic (exact) mass is 232 g/mol. The maximum atomic E-state index is 11.5. The lowest BCUT2D eigenvalue weighted by molar-refractivity contribution is -0.121. The van der Waals surface area contributed by atoms with Crippen LogP contribution in [0.3, 0.4) is 0 Å². The van der Waals surface area contributed by atoms with Crippen LogP contribution >= 0.6 is 0 Å². The molecule has 1 aliphatic rings. The largest absolute Gasteiger partial charge is 0.374 e. The third-order valence-corrected chi connectivity index (χ3v) is 3.42. The molecule has 1 aromatic carbocycles. The minimum absolute atomic E-state index is 0.169. The number of carbonyl (C=O) groups is 1. The molecular weight excluding hydrogens is 212 g/mol. The SMILES string of the molecule is CC(CC1CCCC1=O)OCc1ccccc1. The summed E-state index contributed by atoms with van der Waals surface area (Å²) in [5.74, 6) is 0.681. The zero-order valence-corrected chi connectivity index (χ0v) is 10.4. The molecule has 0 aliphatic heterocycles. The number of Topliss-reactive ketones (excluding diaryl/α,β-unsaturated/α-hetero) is 1. The second-order valence-corrected chi connectivity index (χ2v) is 4.90. The Morgan fingerprint density at radius 1 is 1.35 bits per heavy atom. The molecule has 2 atom stereocenters. The molecule has 1 aliphatic carbocycles. The lowest BCUT2D eigenvalue weighted by Crippen LogP contribution is -2.17. The molecule has 17 heavy (non-hydrogen) atoms. The van der Waals surface area contributed by atoms with Crippen molar-refractivity contribution in [2.75, 3.05) is 0 Å². The van der Waals surface area contributed by atoms with E-state index in [-0.39, 0.29) is 12.0 Å². The predicted molar refractivity (Wildman–Crippen MR) is 67.7 cm³/mol. The van der Waals surface area contributed by atoms with Gasteiger partial charge in [-0.25, -0.2) is 0 Å². The number of ether oxygens (including phenoxy) is 1. The van der Waals surface area contributed by atoms with Crippen LogP contribution in [0.15, 0.2) is 30.3 Å². The third kappa shape index (κ3) is 3.67. The fraction of sp³-hybridized carbons (Fsp3) is 0.533. The van der Waals surface area contributed by atoms with Crippen molar-refractivity contribution < 1.29 is 9.53 Å². The van der Waals surface area contributed by atoms with Crippen LogP contribution in [0.1, 0.15) is 38.2 Å². The van der Waals surface area contributed by atoms with Gasteiger partial charge in [0.1, 0.15) is 5.78 Å². The van der Waals surface area contributed by atoms with Crippen molar-refractivity contribution in [2.45, 2.75) is 45.3 Å². The molecule has 2 heteroatoms. The summed E-state index contributed by atoms with van der Waals surface area (Å²) in [6.07, 6.45) is 3.94. The van der Waals surface area contributed by atoms with E-state index >= 15 is 0 Å². The van der Waals surface area contributed by atoms with Gasteiger partial charge in [0, 0.05) is 12.3 Å². The third-order valence-electron chi connectivity index (χ3n) is 3.42. The molecule has 1 saturated carbocycles. The van der Waals surface area contributed by atoms with E-state index in [4.69, 9.17) is 4.74 Å². The zero-order valence-electron chi connectivity index (χ0n) is 10.4. The maximum absolute atomic E-state index is 11.5. The molecule has 1 fully saturated rings. The van der Waals surface area contributed by atoms with E-state index < -0.39 is 0 Å². The van der Waals surface area contributed by atoms with E-state index in [1.54, 1.807) is 0 Å². The quantitative estimate of drug-likeness (QED) is 0.778. The first kappa shape index (κ1) is 12.3. The van der Waals surface area contributed by atoms with Crippen LogP contribution < -0.4 is 0 Å². The van der Waals surface area contributed by atoms with Gasteiger partial charge in [0.2, 0.25) is 0 Å². The smallest absolute Gasteiger partial charge is 0.136 e. The fourth-order valence-corrected chi connectivity index (χ4v) is 2.42. The van der Waals surface area contributed by atoms with Gasteiger partial charge in [-0.3, -0.25) is 4.79 Å². The minimum atomic E-state index is 0.169. The Hall–Kier alpha value is -1.15. The average molecular weight is 232 g/mol. The molecule has 0 saturated heterocycles.